The molecule has 1 aromatic heterocycles. The van der Waals surface area contributed by atoms with Crippen LogP contribution in [0.4, 0.5) is 5.82 Å². The van der Waals surface area contributed by atoms with Gasteiger partial charge in [0, 0.05) is 36.9 Å². The van der Waals surface area contributed by atoms with Gasteiger partial charge in [-0.05, 0) is 86.7 Å². The Labute approximate surface area is 169 Å². The average molecular weight is 379 g/mol. The quantitative estimate of drug-likeness (QED) is 0.760. The molecule has 1 aromatic carbocycles. The lowest BCUT2D eigenvalue weighted by Gasteiger charge is -2.30. The molecule has 150 valence electrons. The zero-order valence-corrected chi connectivity index (χ0v) is 17.6. The second-order valence-electron chi connectivity index (χ2n) is 8.61. The van der Waals surface area contributed by atoms with Crippen LogP contribution in [0.25, 0.3) is 11.1 Å². The van der Waals surface area contributed by atoms with Crippen LogP contribution in [0.3, 0.4) is 0 Å². The molecule has 0 spiro atoms. The molecule has 0 saturated carbocycles. The van der Waals surface area contributed by atoms with Gasteiger partial charge in [-0.3, -0.25) is 0 Å². The van der Waals surface area contributed by atoms with Crippen molar-refractivity contribution >= 4 is 5.82 Å². The van der Waals surface area contributed by atoms with Gasteiger partial charge in [0.05, 0.1) is 0 Å². The molecule has 0 radical (unpaired) electrons. The van der Waals surface area contributed by atoms with Gasteiger partial charge in [0.2, 0.25) is 0 Å². The molecule has 28 heavy (non-hydrogen) atoms. The number of nitrogens with zero attached hydrogens (tertiary/aromatic N) is 2. The molecule has 0 bridgehead atoms. The summed E-state index contributed by atoms with van der Waals surface area (Å²) in [5, 5.41) is 7.22. The first-order chi connectivity index (χ1) is 13.6. The van der Waals surface area contributed by atoms with E-state index in [1.54, 1.807) is 5.56 Å². The lowest BCUT2D eigenvalue weighted by atomic mass is 9.87. The van der Waals surface area contributed by atoms with E-state index in [0.717, 1.165) is 31.9 Å². The van der Waals surface area contributed by atoms with Gasteiger partial charge in [0.25, 0.3) is 0 Å². The highest BCUT2D eigenvalue weighted by Crippen LogP contribution is 2.35. The Morgan fingerprint density at radius 2 is 2.18 bits per heavy atom. The van der Waals surface area contributed by atoms with Crippen LogP contribution >= 0.6 is 0 Å². The Bertz CT molecular complexity index is 793. The van der Waals surface area contributed by atoms with Crippen molar-refractivity contribution in [3.05, 3.63) is 47.2 Å². The summed E-state index contributed by atoms with van der Waals surface area (Å²) in [5.74, 6) is 0.974. The monoisotopic (exact) mass is 378 g/mol. The van der Waals surface area contributed by atoms with Crippen LogP contribution < -0.4 is 10.6 Å². The third-order valence-electron chi connectivity index (χ3n) is 6.22. The highest BCUT2D eigenvalue weighted by molar-refractivity contribution is 5.67. The number of hydrogen-bond acceptors (Lipinski definition) is 4. The van der Waals surface area contributed by atoms with Crippen molar-refractivity contribution in [3.63, 3.8) is 0 Å². The summed E-state index contributed by atoms with van der Waals surface area (Å²) in [6, 6.07) is 10.1. The van der Waals surface area contributed by atoms with E-state index in [-0.39, 0.29) is 0 Å². The van der Waals surface area contributed by atoms with Crippen LogP contribution in [0.5, 0.6) is 0 Å². The number of aromatic nitrogens is 1. The Kier molecular flexibility index (Phi) is 5.98. The van der Waals surface area contributed by atoms with Crippen molar-refractivity contribution in [2.24, 2.45) is 0 Å². The topological polar surface area (TPSA) is 40.2 Å². The Morgan fingerprint density at radius 1 is 1.29 bits per heavy atom. The fourth-order valence-corrected chi connectivity index (χ4v) is 4.67. The van der Waals surface area contributed by atoms with Crippen molar-refractivity contribution in [3.8, 4) is 11.1 Å². The normalized spacial score (nSPS) is 20.8. The molecule has 2 aromatic rings. The van der Waals surface area contributed by atoms with Crippen LogP contribution in [0, 0.1) is 0 Å². The number of fused-ring (bicyclic) bond motifs is 1. The van der Waals surface area contributed by atoms with Crippen LogP contribution in [0.1, 0.15) is 62.3 Å². The second-order valence-corrected chi connectivity index (χ2v) is 8.61. The highest BCUT2D eigenvalue weighted by Gasteiger charge is 2.25. The van der Waals surface area contributed by atoms with Crippen LogP contribution in [-0.4, -0.2) is 36.1 Å². The maximum Gasteiger partial charge on any atom is 0.126 e. The minimum Gasteiger partial charge on any atom is -0.368 e. The molecule has 2 aliphatic rings. The molecule has 2 aliphatic heterocycles. The number of benzene rings is 1. The van der Waals surface area contributed by atoms with E-state index in [2.05, 4.69) is 60.7 Å². The first-order valence-electron chi connectivity index (χ1n) is 10.9. The van der Waals surface area contributed by atoms with E-state index in [0.29, 0.717) is 12.1 Å². The summed E-state index contributed by atoms with van der Waals surface area (Å²) in [5.41, 5.74) is 7.12. The largest absolute Gasteiger partial charge is 0.368 e. The minimum atomic E-state index is 0.462. The lowest BCUT2D eigenvalue weighted by molar-refractivity contribution is 0.310. The summed E-state index contributed by atoms with van der Waals surface area (Å²) in [6.07, 6.45) is 8.05. The molecule has 0 aliphatic carbocycles. The van der Waals surface area contributed by atoms with Crippen molar-refractivity contribution in [1.82, 2.24) is 15.2 Å². The van der Waals surface area contributed by atoms with E-state index < -0.39 is 0 Å². The summed E-state index contributed by atoms with van der Waals surface area (Å²) in [4.78, 5) is 7.14. The van der Waals surface area contributed by atoms with Gasteiger partial charge < -0.3 is 15.5 Å². The predicted octanol–water partition coefficient (Wildman–Crippen LogP) is 4.76. The second kappa shape index (κ2) is 8.62. The van der Waals surface area contributed by atoms with E-state index in [1.165, 1.54) is 47.9 Å². The maximum atomic E-state index is 4.69. The standard InChI is InChI=1S/C24H34N4/c1-4-6-17(2)27-24-9-8-19(15-26-24)20-13-18-10-12-28(3)16-22(18)21(14-20)23-7-5-11-25-23/h8-9,13-15,17,23,25H,4-7,10-12,16H2,1-3H3,(H,26,27). The third-order valence-corrected chi connectivity index (χ3v) is 6.22. The Balaban J connectivity index is 1.63. The van der Waals surface area contributed by atoms with Crippen LogP contribution in [0.2, 0.25) is 0 Å². The zero-order valence-electron chi connectivity index (χ0n) is 17.6. The molecule has 4 nitrogen and oxygen atoms in total. The number of hydrogen-bond donors (Lipinski definition) is 2. The number of anilines is 1. The van der Waals surface area contributed by atoms with Gasteiger partial charge >= 0.3 is 0 Å². The molecular formula is C24H34N4. The molecule has 3 heterocycles. The fourth-order valence-electron chi connectivity index (χ4n) is 4.67. The van der Waals surface area contributed by atoms with Crippen LogP contribution in [-0.2, 0) is 13.0 Å². The van der Waals surface area contributed by atoms with Gasteiger partial charge in [-0.2, -0.15) is 0 Å². The van der Waals surface area contributed by atoms with E-state index in [9.17, 15) is 0 Å². The first kappa shape index (κ1) is 19.4. The molecular weight excluding hydrogens is 344 g/mol. The number of pyridine rings is 1. The molecule has 2 atom stereocenters. The van der Waals surface area contributed by atoms with Crippen molar-refractivity contribution in [2.75, 3.05) is 25.5 Å². The summed E-state index contributed by atoms with van der Waals surface area (Å²) in [7, 11) is 2.23. The third kappa shape index (κ3) is 4.23. The molecule has 4 heteroatoms. The molecule has 2 N–H and O–H groups in total. The predicted molar refractivity (Wildman–Crippen MR) is 118 cm³/mol. The van der Waals surface area contributed by atoms with Crippen LogP contribution in [0.15, 0.2) is 30.5 Å². The fraction of sp³-hybridized carbons (Fsp3) is 0.542. The Morgan fingerprint density at radius 3 is 2.89 bits per heavy atom. The van der Waals surface area contributed by atoms with Gasteiger partial charge in [-0.1, -0.05) is 19.4 Å². The van der Waals surface area contributed by atoms with Gasteiger partial charge in [-0.25, -0.2) is 4.98 Å². The zero-order chi connectivity index (χ0) is 19.5. The van der Waals surface area contributed by atoms with E-state index >= 15 is 0 Å². The Hall–Kier alpha value is -1.91. The summed E-state index contributed by atoms with van der Waals surface area (Å²) < 4.78 is 0. The number of nitrogens with one attached hydrogen (secondary N) is 2. The molecule has 0 amide bonds. The molecule has 2 unspecified atom stereocenters. The van der Waals surface area contributed by atoms with Gasteiger partial charge in [0.15, 0.2) is 0 Å². The number of likely N-dealkylation sites (N-methyl/N-ethyl adjacent to an activating group) is 1. The molecule has 1 saturated heterocycles. The molecule has 1 fully saturated rings. The summed E-state index contributed by atoms with van der Waals surface area (Å²) in [6.45, 7) is 7.79. The van der Waals surface area contributed by atoms with Gasteiger partial charge in [-0.15, -0.1) is 0 Å². The SMILES string of the molecule is CCCC(C)Nc1ccc(-c2cc3c(c(C4CCCN4)c2)CN(C)CC3)cn1. The highest BCUT2D eigenvalue weighted by atomic mass is 15.1. The van der Waals surface area contributed by atoms with Gasteiger partial charge in [0.1, 0.15) is 5.82 Å². The lowest BCUT2D eigenvalue weighted by Crippen LogP contribution is -2.29. The smallest absolute Gasteiger partial charge is 0.126 e. The average Bonchev–Trinajstić information content (AvgIpc) is 3.22. The van der Waals surface area contributed by atoms with E-state index in [1.807, 2.05) is 6.20 Å². The summed E-state index contributed by atoms with van der Waals surface area (Å²) >= 11 is 0. The molecule has 4 rings (SSSR count). The first-order valence-corrected chi connectivity index (χ1v) is 10.9. The number of rotatable bonds is 6. The van der Waals surface area contributed by atoms with Crippen molar-refractivity contribution < 1.29 is 0 Å². The minimum absolute atomic E-state index is 0.462. The van der Waals surface area contributed by atoms with E-state index in [4.69, 9.17) is 4.98 Å². The van der Waals surface area contributed by atoms with Crippen molar-refractivity contribution in [1.29, 1.82) is 0 Å². The maximum absolute atomic E-state index is 4.69. The van der Waals surface area contributed by atoms with Crippen molar-refractivity contribution in [2.45, 2.75) is 64.6 Å².